The summed E-state index contributed by atoms with van der Waals surface area (Å²) in [5.41, 5.74) is 5.27. The van der Waals surface area contributed by atoms with Crippen LogP contribution in [0.5, 0.6) is 0 Å². The SMILES string of the molecule is CC(O)CC(=O)NC(C)C(=O)O.CCC(C)C(N)C(=O)O. The molecule has 0 aliphatic carbocycles. The largest absolute Gasteiger partial charge is 0.480 e. The number of hydrogen-bond donors (Lipinski definition) is 5. The van der Waals surface area contributed by atoms with E-state index in [1.54, 1.807) is 0 Å². The van der Waals surface area contributed by atoms with Crippen LogP contribution in [-0.4, -0.2) is 51.4 Å². The van der Waals surface area contributed by atoms with E-state index in [0.717, 1.165) is 6.42 Å². The van der Waals surface area contributed by atoms with Gasteiger partial charge < -0.3 is 26.4 Å². The average molecular weight is 306 g/mol. The van der Waals surface area contributed by atoms with Gasteiger partial charge in [-0.3, -0.25) is 14.4 Å². The quantitative estimate of drug-likeness (QED) is 0.436. The Balaban J connectivity index is 0. The van der Waals surface area contributed by atoms with Crippen LogP contribution < -0.4 is 11.1 Å². The molecule has 0 saturated carbocycles. The predicted octanol–water partition coefficient (Wildman–Crippen LogP) is -0.209. The lowest BCUT2D eigenvalue weighted by Crippen LogP contribution is -2.39. The lowest BCUT2D eigenvalue weighted by Gasteiger charge is -2.11. The molecular formula is C13H26N2O6. The number of hydrogen-bond acceptors (Lipinski definition) is 5. The molecule has 8 heteroatoms. The first-order valence-electron chi connectivity index (χ1n) is 6.71. The van der Waals surface area contributed by atoms with Crippen LogP contribution in [0.2, 0.25) is 0 Å². The molecule has 0 fully saturated rings. The molecule has 0 aromatic carbocycles. The molecule has 0 saturated heterocycles. The fourth-order valence-electron chi connectivity index (χ4n) is 1.13. The highest BCUT2D eigenvalue weighted by atomic mass is 16.4. The van der Waals surface area contributed by atoms with Gasteiger partial charge in [-0.15, -0.1) is 0 Å². The monoisotopic (exact) mass is 306 g/mol. The summed E-state index contributed by atoms with van der Waals surface area (Å²) < 4.78 is 0. The average Bonchev–Trinajstić information content (AvgIpc) is 2.36. The smallest absolute Gasteiger partial charge is 0.325 e. The van der Waals surface area contributed by atoms with Crippen LogP contribution >= 0.6 is 0 Å². The van der Waals surface area contributed by atoms with Crippen molar-refractivity contribution in [2.45, 2.75) is 58.7 Å². The maximum atomic E-state index is 10.8. The molecule has 1 amide bonds. The third-order valence-electron chi connectivity index (χ3n) is 2.77. The minimum Gasteiger partial charge on any atom is -0.480 e. The predicted molar refractivity (Wildman–Crippen MR) is 76.6 cm³/mol. The Morgan fingerprint density at radius 1 is 1.10 bits per heavy atom. The van der Waals surface area contributed by atoms with E-state index in [2.05, 4.69) is 5.32 Å². The number of carbonyl (C=O) groups excluding carboxylic acids is 1. The lowest BCUT2D eigenvalue weighted by molar-refractivity contribution is -0.141. The van der Waals surface area contributed by atoms with Crippen molar-refractivity contribution in [3.8, 4) is 0 Å². The highest BCUT2D eigenvalue weighted by Crippen LogP contribution is 2.04. The van der Waals surface area contributed by atoms with Crippen LogP contribution in [0.3, 0.4) is 0 Å². The Morgan fingerprint density at radius 2 is 1.57 bits per heavy atom. The summed E-state index contributed by atoms with van der Waals surface area (Å²) in [6.07, 6.45) is -0.00329. The Labute approximate surface area is 124 Å². The minimum absolute atomic E-state index is 0.0718. The fraction of sp³-hybridized carbons (Fsp3) is 0.769. The maximum Gasteiger partial charge on any atom is 0.325 e. The number of rotatable bonds is 7. The van der Waals surface area contributed by atoms with E-state index in [-0.39, 0.29) is 12.3 Å². The van der Waals surface area contributed by atoms with Gasteiger partial charge in [0.25, 0.3) is 0 Å². The summed E-state index contributed by atoms with van der Waals surface area (Å²) in [6, 6.07) is -1.61. The fourth-order valence-corrected chi connectivity index (χ4v) is 1.13. The first-order chi connectivity index (χ1) is 9.52. The number of nitrogens with two attached hydrogens (primary N) is 1. The number of aliphatic hydroxyl groups excluding tert-OH is 1. The second-order valence-corrected chi connectivity index (χ2v) is 4.93. The van der Waals surface area contributed by atoms with Crippen LogP contribution in [-0.2, 0) is 14.4 Å². The van der Waals surface area contributed by atoms with Gasteiger partial charge in [0, 0.05) is 0 Å². The topological polar surface area (TPSA) is 150 Å². The van der Waals surface area contributed by atoms with E-state index in [4.69, 9.17) is 21.1 Å². The third-order valence-corrected chi connectivity index (χ3v) is 2.77. The highest BCUT2D eigenvalue weighted by molar-refractivity contribution is 5.83. The molecular weight excluding hydrogens is 280 g/mol. The Hall–Kier alpha value is -1.67. The zero-order chi connectivity index (χ0) is 17.2. The van der Waals surface area contributed by atoms with Gasteiger partial charge >= 0.3 is 11.9 Å². The summed E-state index contributed by atoms with van der Waals surface area (Å²) in [6.45, 7) is 6.58. The standard InChI is InChI=1S/C7H13NO4.C6H13NO2/c1-4(9)3-6(10)8-5(2)7(11)12;1-3-4(2)5(7)6(8)9/h4-5,9H,3H2,1-2H3,(H,8,10)(H,11,12);4-5H,3,7H2,1-2H3,(H,8,9). The molecule has 8 nitrogen and oxygen atoms in total. The number of aliphatic carboxylic acids is 2. The van der Waals surface area contributed by atoms with Crippen LogP contribution in [0.4, 0.5) is 0 Å². The molecule has 0 bridgehead atoms. The maximum absolute atomic E-state index is 10.8. The van der Waals surface area contributed by atoms with E-state index in [9.17, 15) is 14.4 Å². The van der Waals surface area contributed by atoms with E-state index in [1.165, 1.54) is 13.8 Å². The molecule has 21 heavy (non-hydrogen) atoms. The van der Waals surface area contributed by atoms with Crippen molar-refractivity contribution in [1.29, 1.82) is 0 Å². The molecule has 0 heterocycles. The molecule has 0 radical (unpaired) electrons. The van der Waals surface area contributed by atoms with Crippen LogP contribution in [0.25, 0.3) is 0 Å². The lowest BCUT2D eigenvalue weighted by atomic mass is 10.0. The van der Waals surface area contributed by atoms with Crippen molar-refractivity contribution < 1.29 is 29.7 Å². The van der Waals surface area contributed by atoms with Gasteiger partial charge in [-0.1, -0.05) is 20.3 Å². The number of nitrogens with one attached hydrogen (secondary N) is 1. The van der Waals surface area contributed by atoms with Gasteiger partial charge in [-0.2, -0.15) is 0 Å². The summed E-state index contributed by atoms with van der Waals surface area (Å²) >= 11 is 0. The van der Waals surface area contributed by atoms with Crippen molar-refractivity contribution >= 4 is 17.8 Å². The van der Waals surface area contributed by atoms with E-state index < -0.39 is 36.0 Å². The second kappa shape index (κ2) is 11.0. The van der Waals surface area contributed by atoms with Gasteiger partial charge in [-0.25, -0.2) is 0 Å². The molecule has 0 aliphatic rings. The van der Waals surface area contributed by atoms with Crippen LogP contribution in [0.1, 0.15) is 40.5 Å². The molecule has 0 spiro atoms. The molecule has 6 N–H and O–H groups in total. The van der Waals surface area contributed by atoms with E-state index in [0.29, 0.717) is 0 Å². The van der Waals surface area contributed by atoms with Crippen molar-refractivity contribution in [3.63, 3.8) is 0 Å². The Bertz CT molecular complexity index is 346. The zero-order valence-electron chi connectivity index (χ0n) is 12.9. The number of aliphatic hydroxyl groups is 1. The van der Waals surface area contributed by atoms with Crippen molar-refractivity contribution in [2.75, 3.05) is 0 Å². The summed E-state index contributed by atoms with van der Waals surface area (Å²) in [5.74, 6) is -2.39. The first kappa shape index (κ1) is 21.6. The van der Waals surface area contributed by atoms with Crippen LogP contribution in [0.15, 0.2) is 0 Å². The Kier molecular flexibility index (Phi) is 11.4. The van der Waals surface area contributed by atoms with Gasteiger partial charge in [-0.05, 0) is 19.8 Å². The Morgan fingerprint density at radius 3 is 1.81 bits per heavy atom. The zero-order valence-corrected chi connectivity index (χ0v) is 12.9. The van der Waals surface area contributed by atoms with E-state index >= 15 is 0 Å². The second-order valence-electron chi connectivity index (χ2n) is 4.93. The molecule has 0 aromatic rings. The number of carboxylic acid groups (broad SMARTS) is 2. The van der Waals surface area contributed by atoms with Crippen molar-refractivity contribution in [2.24, 2.45) is 11.7 Å². The summed E-state index contributed by atoms with van der Waals surface area (Å²) in [7, 11) is 0. The number of amides is 1. The highest BCUT2D eigenvalue weighted by Gasteiger charge is 2.17. The molecule has 124 valence electrons. The van der Waals surface area contributed by atoms with Crippen molar-refractivity contribution in [3.05, 3.63) is 0 Å². The van der Waals surface area contributed by atoms with Gasteiger partial charge in [0.05, 0.1) is 12.5 Å². The van der Waals surface area contributed by atoms with Gasteiger partial charge in [0.1, 0.15) is 12.1 Å². The summed E-state index contributed by atoms with van der Waals surface area (Å²) in [4.78, 5) is 31.3. The van der Waals surface area contributed by atoms with Crippen molar-refractivity contribution in [1.82, 2.24) is 5.32 Å². The van der Waals surface area contributed by atoms with Crippen LogP contribution in [0, 0.1) is 5.92 Å². The van der Waals surface area contributed by atoms with Gasteiger partial charge in [0.2, 0.25) is 5.91 Å². The molecule has 4 atom stereocenters. The van der Waals surface area contributed by atoms with E-state index in [1.807, 2.05) is 13.8 Å². The third kappa shape index (κ3) is 11.8. The molecule has 0 aromatic heterocycles. The normalized spacial score (nSPS) is 15.7. The number of carboxylic acids is 2. The summed E-state index contributed by atoms with van der Waals surface area (Å²) in [5, 5.41) is 27.7. The van der Waals surface area contributed by atoms with Gasteiger partial charge in [0.15, 0.2) is 0 Å². The number of carbonyl (C=O) groups is 3. The molecule has 0 aliphatic heterocycles. The first-order valence-corrected chi connectivity index (χ1v) is 6.71. The minimum atomic E-state index is -1.09. The molecule has 4 unspecified atom stereocenters. The molecule has 0 rings (SSSR count).